The molecule has 0 radical (unpaired) electrons. The SMILES string of the molecule is O=C(O)c1ccc2c(c1)[C@H]1c3ccccc3[C@@H]2c2cc(C(=O)O)ccc21. The van der Waals surface area contributed by atoms with Crippen LogP contribution in [0, 0.1) is 0 Å². The Morgan fingerprint density at radius 1 is 0.577 bits per heavy atom. The minimum absolute atomic E-state index is 0.0663. The van der Waals surface area contributed by atoms with E-state index in [-0.39, 0.29) is 23.0 Å². The summed E-state index contributed by atoms with van der Waals surface area (Å²) >= 11 is 0. The Morgan fingerprint density at radius 3 is 1.35 bits per heavy atom. The maximum atomic E-state index is 11.4. The Labute approximate surface area is 149 Å². The molecule has 26 heavy (non-hydrogen) atoms. The standard InChI is InChI=1S/C22H14O4/c23-21(24)11-6-8-16-17(9-11)19-13-3-1-2-4-14(13)20(16)18-10-12(22(25)26)5-7-15(18)19/h1-10,19-20H,(H,23,24)(H,25,26)/t19-,20-/m0/s1. The minimum atomic E-state index is -0.941. The summed E-state index contributed by atoms with van der Waals surface area (Å²) < 4.78 is 0. The van der Waals surface area contributed by atoms with E-state index in [0.717, 1.165) is 22.3 Å². The van der Waals surface area contributed by atoms with Crippen LogP contribution in [-0.2, 0) is 0 Å². The molecule has 3 aliphatic rings. The summed E-state index contributed by atoms with van der Waals surface area (Å²) in [5, 5.41) is 18.8. The third-order valence-electron chi connectivity index (χ3n) is 5.53. The molecule has 0 spiro atoms. The smallest absolute Gasteiger partial charge is 0.335 e. The first-order valence-electron chi connectivity index (χ1n) is 8.39. The maximum absolute atomic E-state index is 11.4. The van der Waals surface area contributed by atoms with Crippen molar-refractivity contribution in [2.45, 2.75) is 11.8 Å². The molecule has 0 saturated carbocycles. The summed E-state index contributed by atoms with van der Waals surface area (Å²) in [5.41, 5.74) is 7.03. The first-order valence-corrected chi connectivity index (χ1v) is 8.39. The number of rotatable bonds is 2. The van der Waals surface area contributed by atoms with Crippen LogP contribution < -0.4 is 0 Å². The molecule has 0 aromatic heterocycles. The van der Waals surface area contributed by atoms with Gasteiger partial charge in [-0.15, -0.1) is 0 Å². The Bertz CT molecular complexity index is 1020. The molecule has 3 aromatic carbocycles. The average molecular weight is 342 g/mol. The molecule has 0 heterocycles. The van der Waals surface area contributed by atoms with Crippen molar-refractivity contribution in [1.82, 2.24) is 0 Å². The van der Waals surface area contributed by atoms with Gasteiger partial charge in [0, 0.05) is 11.8 Å². The largest absolute Gasteiger partial charge is 0.478 e. The van der Waals surface area contributed by atoms with E-state index in [1.165, 1.54) is 11.1 Å². The molecule has 0 saturated heterocycles. The molecule has 4 nitrogen and oxygen atoms in total. The van der Waals surface area contributed by atoms with E-state index in [1.54, 1.807) is 24.3 Å². The second kappa shape index (κ2) is 5.05. The summed E-state index contributed by atoms with van der Waals surface area (Å²) in [6.07, 6.45) is 0. The first-order chi connectivity index (χ1) is 12.6. The normalized spacial score (nSPS) is 18.6. The van der Waals surface area contributed by atoms with Crippen molar-refractivity contribution in [3.05, 3.63) is 105 Å². The van der Waals surface area contributed by atoms with Crippen LogP contribution in [0.15, 0.2) is 60.7 Å². The number of benzene rings is 3. The van der Waals surface area contributed by atoms with Gasteiger partial charge in [0.2, 0.25) is 0 Å². The van der Waals surface area contributed by atoms with E-state index >= 15 is 0 Å². The highest BCUT2D eigenvalue weighted by atomic mass is 16.4. The van der Waals surface area contributed by atoms with Gasteiger partial charge < -0.3 is 10.2 Å². The van der Waals surface area contributed by atoms with Crippen LogP contribution in [0.5, 0.6) is 0 Å². The number of carboxylic acid groups (broad SMARTS) is 2. The molecule has 2 bridgehead atoms. The van der Waals surface area contributed by atoms with Crippen molar-refractivity contribution in [2.24, 2.45) is 0 Å². The molecule has 126 valence electrons. The Morgan fingerprint density at radius 2 is 0.962 bits per heavy atom. The average Bonchev–Trinajstić information content (AvgIpc) is 2.66. The summed E-state index contributed by atoms with van der Waals surface area (Å²) in [5.74, 6) is -2.01. The van der Waals surface area contributed by atoms with Gasteiger partial charge in [-0.05, 0) is 57.6 Å². The summed E-state index contributed by atoms with van der Waals surface area (Å²) in [6, 6.07) is 18.7. The third-order valence-corrected chi connectivity index (χ3v) is 5.53. The quantitative estimate of drug-likeness (QED) is 0.507. The van der Waals surface area contributed by atoms with Gasteiger partial charge in [0.15, 0.2) is 0 Å². The van der Waals surface area contributed by atoms with Gasteiger partial charge in [-0.3, -0.25) is 0 Å². The number of aromatic carboxylic acids is 2. The van der Waals surface area contributed by atoms with Crippen molar-refractivity contribution >= 4 is 11.9 Å². The number of hydrogen-bond donors (Lipinski definition) is 2. The molecule has 0 aliphatic heterocycles. The van der Waals surface area contributed by atoms with E-state index in [2.05, 4.69) is 12.1 Å². The predicted octanol–water partition coefficient (Wildman–Crippen LogP) is 4.07. The number of hydrogen-bond acceptors (Lipinski definition) is 2. The highest BCUT2D eigenvalue weighted by Gasteiger charge is 2.41. The number of carbonyl (C=O) groups is 2. The van der Waals surface area contributed by atoms with E-state index in [1.807, 2.05) is 24.3 Å². The highest BCUT2D eigenvalue weighted by molar-refractivity contribution is 5.90. The monoisotopic (exact) mass is 342 g/mol. The van der Waals surface area contributed by atoms with E-state index in [0.29, 0.717) is 0 Å². The van der Waals surface area contributed by atoms with Crippen LogP contribution in [0.1, 0.15) is 65.9 Å². The summed E-state index contributed by atoms with van der Waals surface area (Å²) in [6.45, 7) is 0. The zero-order valence-corrected chi connectivity index (χ0v) is 13.6. The molecular formula is C22H14O4. The molecule has 0 amide bonds. The molecule has 2 atom stereocenters. The van der Waals surface area contributed by atoms with Gasteiger partial charge >= 0.3 is 11.9 Å². The summed E-state index contributed by atoms with van der Waals surface area (Å²) in [7, 11) is 0. The molecule has 0 unspecified atom stereocenters. The lowest BCUT2D eigenvalue weighted by molar-refractivity contribution is 0.0685. The van der Waals surface area contributed by atoms with E-state index < -0.39 is 11.9 Å². The Kier molecular flexibility index (Phi) is 2.89. The zero-order valence-electron chi connectivity index (χ0n) is 13.6. The second-order valence-corrected chi connectivity index (χ2v) is 6.79. The van der Waals surface area contributed by atoms with Crippen LogP contribution in [0.2, 0.25) is 0 Å². The minimum Gasteiger partial charge on any atom is -0.478 e. The molecule has 0 fully saturated rings. The Hall–Kier alpha value is -3.40. The maximum Gasteiger partial charge on any atom is 0.335 e. The Balaban J connectivity index is 1.83. The van der Waals surface area contributed by atoms with Gasteiger partial charge in [-0.25, -0.2) is 9.59 Å². The number of carboxylic acids is 2. The van der Waals surface area contributed by atoms with Crippen molar-refractivity contribution in [2.75, 3.05) is 0 Å². The molecule has 6 rings (SSSR count). The van der Waals surface area contributed by atoms with Crippen LogP contribution >= 0.6 is 0 Å². The van der Waals surface area contributed by atoms with E-state index in [9.17, 15) is 19.8 Å². The highest BCUT2D eigenvalue weighted by Crippen LogP contribution is 2.55. The van der Waals surface area contributed by atoms with Crippen molar-refractivity contribution in [3.63, 3.8) is 0 Å². The van der Waals surface area contributed by atoms with Gasteiger partial charge in [-0.2, -0.15) is 0 Å². The van der Waals surface area contributed by atoms with Crippen molar-refractivity contribution in [1.29, 1.82) is 0 Å². The fourth-order valence-electron chi connectivity index (χ4n) is 4.48. The van der Waals surface area contributed by atoms with Gasteiger partial charge in [0.1, 0.15) is 0 Å². The molecule has 3 aliphatic carbocycles. The van der Waals surface area contributed by atoms with Crippen LogP contribution in [0.25, 0.3) is 0 Å². The second-order valence-electron chi connectivity index (χ2n) is 6.79. The molecule has 3 aromatic rings. The molecular weight excluding hydrogens is 328 g/mol. The molecule has 2 N–H and O–H groups in total. The molecule has 4 heteroatoms. The summed E-state index contributed by atoms with van der Waals surface area (Å²) in [4.78, 5) is 22.9. The zero-order chi connectivity index (χ0) is 18.0. The van der Waals surface area contributed by atoms with Crippen LogP contribution in [0.3, 0.4) is 0 Å². The lowest BCUT2D eigenvalue weighted by Gasteiger charge is -2.42. The van der Waals surface area contributed by atoms with E-state index in [4.69, 9.17) is 0 Å². The van der Waals surface area contributed by atoms with Gasteiger partial charge in [-0.1, -0.05) is 36.4 Å². The van der Waals surface area contributed by atoms with Crippen molar-refractivity contribution in [3.8, 4) is 0 Å². The third kappa shape index (κ3) is 1.84. The van der Waals surface area contributed by atoms with Gasteiger partial charge in [0.05, 0.1) is 11.1 Å². The first kappa shape index (κ1) is 14.9. The van der Waals surface area contributed by atoms with Gasteiger partial charge in [0.25, 0.3) is 0 Å². The predicted molar refractivity (Wildman–Crippen MR) is 95.1 cm³/mol. The lowest BCUT2D eigenvalue weighted by atomic mass is 9.61. The van der Waals surface area contributed by atoms with Crippen LogP contribution in [0.4, 0.5) is 0 Å². The van der Waals surface area contributed by atoms with Crippen molar-refractivity contribution < 1.29 is 19.8 Å². The fraction of sp³-hybridized carbons (Fsp3) is 0.0909. The van der Waals surface area contributed by atoms with Crippen LogP contribution in [-0.4, -0.2) is 22.2 Å². The topological polar surface area (TPSA) is 74.6 Å². The lowest BCUT2D eigenvalue weighted by Crippen LogP contribution is -2.28. The fourth-order valence-corrected chi connectivity index (χ4v) is 4.48.